The zero-order valence-corrected chi connectivity index (χ0v) is 10.7. The lowest BCUT2D eigenvalue weighted by Crippen LogP contribution is -2.19. The molecule has 0 saturated carbocycles. The van der Waals surface area contributed by atoms with Crippen molar-refractivity contribution in [3.8, 4) is 5.75 Å². The van der Waals surface area contributed by atoms with Crippen LogP contribution in [0, 0.1) is 0 Å². The van der Waals surface area contributed by atoms with Gasteiger partial charge in [-0.2, -0.15) is 8.75 Å². The van der Waals surface area contributed by atoms with E-state index in [-0.39, 0.29) is 6.04 Å². The first kappa shape index (κ1) is 12.0. The van der Waals surface area contributed by atoms with Crippen LogP contribution in [0.25, 0.3) is 0 Å². The van der Waals surface area contributed by atoms with Gasteiger partial charge in [-0.1, -0.05) is 18.2 Å². The van der Waals surface area contributed by atoms with Crippen LogP contribution in [-0.4, -0.2) is 22.9 Å². The molecule has 5 heteroatoms. The van der Waals surface area contributed by atoms with Crippen LogP contribution in [0.4, 0.5) is 0 Å². The second-order valence-electron chi connectivity index (χ2n) is 3.69. The Labute approximate surface area is 105 Å². The molecule has 0 aliphatic heterocycles. The molecule has 0 aliphatic carbocycles. The van der Waals surface area contributed by atoms with Gasteiger partial charge >= 0.3 is 0 Å². The van der Waals surface area contributed by atoms with E-state index in [0.29, 0.717) is 0 Å². The number of nitrogens with zero attached hydrogens (tertiary/aromatic N) is 2. The van der Waals surface area contributed by atoms with Crippen molar-refractivity contribution in [2.75, 3.05) is 14.2 Å². The molecule has 1 aromatic carbocycles. The summed E-state index contributed by atoms with van der Waals surface area (Å²) in [7, 11) is 3.62. The summed E-state index contributed by atoms with van der Waals surface area (Å²) in [5.74, 6) is 0.913. The second-order valence-corrected chi connectivity index (χ2v) is 4.25. The molecule has 0 bridgehead atoms. The van der Waals surface area contributed by atoms with Crippen molar-refractivity contribution in [1.29, 1.82) is 0 Å². The maximum atomic E-state index is 5.35. The van der Waals surface area contributed by atoms with Crippen molar-refractivity contribution in [1.82, 2.24) is 14.1 Å². The maximum Gasteiger partial charge on any atom is 0.122 e. The van der Waals surface area contributed by atoms with Crippen molar-refractivity contribution in [2.45, 2.75) is 12.5 Å². The molecule has 1 heterocycles. The van der Waals surface area contributed by atoms with Crippen LogP contribution in [0.2, 0.25) is 0 Å². The number of hydrogen-bond acceptors (Lipinski definition) is 5. The van der Waals surface area contributed by atoms with Gasteiger partial charge in [0.25, 0.3) is 0 Å². The van der Waals surface area contributed by atoms with E-state index in [4.69, 9.17) is 4.74 Å². The number of hydrogen-bond donors (Lipinski definition) is 1. The van der Waals surface area contributed by atoms with Gasteiger partial charge < -0.3 is 10.1 Å². The van der Waals surface area contributed by atoms with Gasteiger partial charge in [-0.05, 0) is 25.1 Å². The van der Waals surface area contributed by atoms with Crippen LogP contribution < -0.4 is 10.1 Å². The topological polar surface area (TPSA) is 47.0 Å². The summed E-state index contributed by atoms with van der Waals surface area (Å²) in [5, 5.41) is 3.25. The lowest BCUT2D eigenvalue weighted by atomic mass is 10.0. The van der Waals surface area contributed by atoms with E-state index in [9.17, 15) is 0 Å². The van der Waals surface area contributed by atoms with Gasteiger partial charge in [0.2, 0.25) is 0 Å². The fourth-order valence-corrected chi connectivity index (χ4v) is 2.24. The summed E-state index contributed by atoms with van der Waals surface area (Å²) in [6, 6.07) is 8.21. The minimum absolute atomic E-state index is 0.171. The molecule has 0 saturated heterocycles. The molecule has 0 fully saturated rings. The van der Waals surface area contributed by atoms with Crippen molar-refractivity contribution in [3.05, 3.63) is 41.7 Å². The number of methoxy groups -OCH3 is 1. The second kappa shape index (κ2) is 5.75. The lowest BCUT2D eigenvalue weighted by molar-refractivity contribution is 0.406. The maximum absolute atomic E-state index is 5.35. The normalized spacial score (nSPS) is 12.4. The predicted molar refractivity (Wildman–Crippen MR) is 68.4 cm³/mol. The Bertz CT molecular complexity index is 459. The number of nitrogens with one attached hydrogen (secondary N) is 1. The van der Waals surface area contributed by atoms with Crippen LogP contribution in [-0.2, 0) is 6.42 Å². The van der Waals surface area contributed by atoms with Gasteiger partial charge in [0, 0.05) is 0 Å². The van der Waals surface area contributed by atoms with Gasteiger partial charge in [-0.25, -0.2) is 0 Å². The molecule has 90 valence electrons. The molecule has 0 spiro atoms. The Morgan fingerprint density at radius 1 is 1.41 bits per heavy atom. The Hall–Kier alpha value is -1.46. The summed E-state index contributed by atoms with van der Waals surface area (Å²) in [5.41, 5.74) is 2.14. The van der Waals surface area contributed by atoms with E-state index in [1.165, 1.54) is 17.3 Å². The van der Waals surface area contributed by atoms with E-state index in [1.807, 2.05) is 25.2 Å². The average molecular weight is 249 g/mol. The fourth-order valence-electron chi connectivity index (χ4n) is 1.77. The highest BCUT2D eigenvalue weighted by Crippen LogP contribution is 2.23. The van der Waals surface area contributed by atoms with Gasteiger partial charge in [0.15, 0.2) is 0 Å². The smallest absolute Gasteiger partial charge is 0.122 e. The molecule has 0 amide bonds. The summed E-state index contributed by atoms with van der Waals surface area (Å²) in [6.45, 7) is 0. The number of likely N-dealkylation sites (N-methyl/N-ethyl adjacent to an activating group) is 1. The minimum atomic E-state index is 0.171. The zero-order valence-electron chi connectivity index (χ0n) is 9.88. The number of ether oxygens (including phenoxy) is 1. The molecule has 17 heavy (non-hydrogen) atoms. The zero-order chi connectivity index (χ0) is 12.1. The molecule has 1 atom stereocenters. The number of para-hydroxylation sites is 1. The van der Waals surface area contributed by atoms with E-state index in [1.54, 1.807) is 13.3 Å². The van der Waals surface area contributed by atoms with Crippen LogP contribution in [0.1, 0.15) is 17.3 Å². The van der Waals surface area contributed by atoms with Crippen molar-refractivity contribution in [3.63, 3.8) is 0 Å². The number of rotatable bonds is 5. The SMILES string of the molecule is CNC(Cc1ccccc1OC)c1cnsn1. The molecule has 1 aromatic heterocycles. The van der Waals surface area contributed by atoms with Gasteiger partial charge in [0.1, 0.15) is 5.75 Å². The Balaban J connectivity index is 2.18. The molecular formula is C12H15N3OS. The molecule has 2 aromatic rings. The Morgan fingerprint density at radius 2 is 2.24 bits per heavy atom. The summed E-state index contributed by atoms with van der Waals surface area (Å²) >= 11 is 1.23. The third-order valence-electron chi connectivity index (χ3n) is 2.70. The quantitative estimate of drug-likeness (QED) is 0.881. The molecule has 1 N–H and O–H groups in total. The highest BCUT2D eigenvalue weighted by Gasteiger charge is 2.14. The van der Waals surface area contributed by atoms with Crippen LogP contribution in [0.3, 0.4) is 0 Å². The summed E-state index contributed by atoms with van der Waals surface area (Å²) in [6.07, 6.45) is 2.65. The van der Waals surface area contributed by atoms with Crippen molar-refractivity contribution < 1.29 is 4.74 Å². The predicted octanol–water partition coefficient (Wildman–Crippen LogP) is 2.05. The van der Waals surface area contributed by atoms with E-state index in [2.05, 4.69) is 20.1 Å². The number of benzene rings is 1. The Morgan fingerprint density at radius 3 is 2.88 bits per heavy atom. The summed E-state index contributed by atoms with van der Waals surface area (Å²) < 4.78 is 13.6. The first-order valence-electron chi connectivity index (χ1n) is 5.41. The van der Waals surface area contributed by atoms with Crippen molar-refractivity contribution >= 4 is 11.7 Å². The Kier molecular flexibility index (Phi) is 4.06. The lowest BCUT2D eigenvalue weighted by Gasteiger charge is -2.15. The molecule has 1 unspecified atom stereocenters. The van der Waals surface area contributed by atoms with E-state index < -0.39 is 0 Å². The molecule has 2 rings (SSSR count). The third kappa shape index (κ3) is 2.81. The van der Waals surface area contributed by atoms with Crippen LogP contribution >= 0.6 is 11.7 Å². The molecule has 0 aliphatic rings. The minimum Gasteiger partial charge on any atom is -0.496 e. The molecule has 4 nitrogen and oxygen atoms in total. The third-order valence-corrected chi connectivity index (χ3v) is 3.19. The largest absolute Gasteiger partial charge is 0.496 e. The highest BCUT2D eigenvalue weighted by atomic mass is 32.1. The van der Waals surface area contributed by atoms with Crippen LogP contribution in [0.15, 0.2) is 30.5 Å². The first-order chi connectivity index (χ1) is 8.35. The van der Waals surface area contributed by atoms with Crippen LogP contribution in [0.5, 0.6) is 5.75 Å². The van der Waals surface area contributed by atoms with E-state index in [0.717, 1.165) is 17.9 Å². The van der Waals surface area contributed by atoms with Gasteiger partial charge in [0.05, 0.1) is 36.8 Å². The van der Waals surface area contributed by atoms with Gasteiger partial charge in [-0.3, -0.25) is 0 Å². The van der Waals surface area contributed by atoms with Crippen molar-refractivity contribution in [2.24, 2.45) is 0 Å². The standard InChI is InChI=1S/C12H15N3OS/c1-13-10(11-8-14-17-15-11)7-9-5-3-4-6-12(9)16-2/h3-6,8,10,13H,7H2,1-2H3. The number of aromatic nitrogens is 2. The van der Waals surface area contributed by atoms with E-state index >= 15 is 0 Å². The average Bonchev–Trinajstić information content (AvgIpc) is 2.90. The molecule has 0 radical (unpaired) electrons. The molecular weight excluding hydrogens is 234 g/mol. The van der Waals surface area contributed by atoms with Gasteiger partial charge in [-0.15, -0.1) is 0 Å². The fraction of sp³-hybridized carbons (Fsp3) is 0.333. The first-order valence-corrected chi connectivity index (χ1v) is 6.14. The highest BCUT2D eigenvalue weighted by molar-refractivity contribution is 6.99. The summed E-state index contributed by atoms with van der Waals surface area (Å²) in [4.78, 5) is 0. The monoisotopic (exact) mass is 249 g/mol.